The Morgan fingerprint density at radius 2 is 0.680 bits per heavy atom. The van der Waals surface area contributed by atoms with E-state index in [1.165, 1.54) is 0 Å². The van der Waals surface area contributed by atoms with Crippen LogP contribution in [0.3, 0.4) is 0 Å². The minimum absolute atomic E-state index is 0.750. The average molecular weight is 363 g/mol. The van der Waals surface area contributed by atoms with Crippen LogP contribution in [0, 0.1) is 0 Å². The summed E-state index contributed by atoms with van der Waals surface area (Å²) in [5.74, 6) is 0. The van der Waals surface area contributed by atoms with Gasteiger partial charge in [-0.05, 0) is 20.1 Å². The molecule has 1 saturated heterocycles. The van der Waals surface area contributed by atoms with Gasteiger partial charge in [-0.1, -0.05) is 13.8 Å². The van der Waals surface area contributed by atoms with Crippen LogP contribution in [0.15, 0.2) is 0 Å². The molecule has 8 heteroatoms. The molecule has 8 nitrogen and oxygen atoms in total. The van der Waals surface area contributed by atoms with Crippen molar-refractivity contribution in [3.8, 4) is 0 Å². The van der Waals surface area contributed by atoms with Crippen molar-refractivity contribution in [3.05, 3.63) is 0 Å². The molecule has 1 heterocycles. The van der Waals surface area contributed by atoms with E-state index < -0.39 is 0 Å². The minimum atomic E-state index is 0.750. The van der Waals surface area contributed by atoms with Crippen LogP contribution in [-0.2, 0) is 0 Å². The highest BCUT2D eigenvalue weighted by Gasteiger charge is 1.92. The van der Waals surface area contributed by atoms with E-state index in [1.807, 2.05) is 14.0 Å². The molecule has 0 unspecified atom stereocenters. The van der Waals surface area contributed by atoms with E-state index in [4.69, 9.17) is 5.73 Å². The number of hydrogen-bond donors (Lipinski definition) is 8. The second-order valence-electron chi connectivity index (χ2n) is 5.62. The Morgan fingerprint density at radius 1 is 0.560 bits per heavy atom. The second kappa shape index (κ2) is 28.5. The van der Waals surface area contributed by atoms with Crippen LogP contribution in [-0.4, -0.2) is 98.7 Å². The summed E-state index contributed by atoms with van der Waals surface area (Å²) in [7, 11) is 1.93. The highest BCUT2D eigenvalue weighted by atomic mass is 15.0. The lowest BCUT2D eigenvalue weighted by Gasteiger charge is -2.11. The second-order valence-corrected chi connectivity index (χ2v) is 5.62. The Bertz CT molecular complexity index is 130. The third kappa shape index (κ3) is 31.9. The van der Waals surface area contributed by atoms with Crippen molar-refractivity contribution in [1.82, 2.24) is 37.2 Å². The first-order valence-corrected chi connectivity index (χ1v) is 9.92. The standard InChI is InChI=1S/C12H30N6.C3H9N.C2H7N/c1-2-14-5-6-16-9-10-18-12-11-17-8-7-15-4-3-13-1;1-3-4-2;1-2-3/h13-18H,1-12H2;4H,3H2,1-2H3;2-3H2,1H3. The van der Waals surface area contributed by atoms with E-state index in [0.29, 0.717) is 0 Å². The van der Waals surface area contributed by atoms with Crippen molar-refractivity contribution in [2.45, 2.75) is 13.8 Å². The van der Waals surface area contributed by atoms with Gasteiger partial charge in [-0.25, -0.2) is 0 Å². The predicted octanol–water partition coefficient (Wildman–Crippen LogP) is -2.27. The quantitative estimate of drug-likeness (QED) is 0.264. The van der Waals surface area contributed by atoms with Gasteiger partial charge in [0.15, 0.2) is 0 Å². The zero-order valence-corrected chi connectivity index (χ0v) is 17.0. The maximum Gasteiger partial charge on any atom is 0.00772 e. The molecular weight excluding hydrogens is 316 g/mol. The fourth-order valence-electron chi connectivity index (χ4n) is 1.81. The highest BCUT2D eigenvalue weighted by molar-refractivity contribution is 4.60. The van der Waals surface area contributed by atoms with Crippen molar-refractivity contribution >= 4 is 0 Å². The molecule has 0 aliphatic carbocycles. The lowest BCUT2D eigenvalue weighted by Crippen LogP contribution is -2.39. The Hall–Kier alpha value is -0.320. The molecular formula is C17H46N8. The van der Waals surface area contributed by atoms with E-state index in [-0.39, 0.29) is 0 Å². The van der Waals surface area contributed by atoms with Gasteiger partial charge in [0.25, 0.3) is 0 Å². The molecule has 154 valence electrons. The van der Waals surface area contributed by atoms with Crippen LogP contribution < -0.4 is 43.0 Å². The summed E-state index contributed by atoms with van der Waals surface area (Å²) in [4.78, 5) is 0. The Labute approximate surface area is 156 Å². The molecule has 25 heavy (non-hydrogen) atoms. The molecule has 0 aromatic rings. The van der Waals surface area contributed by atoms with Gasteiger partial charge in [0.2, 0.25) is 0 Å². The first-order chi connectivity index (χ1) is 12.3. The summed E-state index contributed by atoms with van der Waals surface area (Å²) in [5, 5.41) is 23.4. The van der Waals surface area contributed by atoms with Crippen molar-refractivity contribution < 1.29 is 0 Å². The number of nitrogens with two attached hydrogens (primary N) is 1. The third-order valence-electron chi connectivity index (χ3n) is 3.22. The first-order valence-electron chi connectivity index (χ1n) is 9.92. The number of hydrogen-bond acceptors (Lipinski definition) is 8. The van der Waals surface area contributed by atoms with E-state index in [0.717, 1.165) is 91.6 Å². The Balaban J connectivity index is 0. The summed E-state index contributed by atoms with van der Waals surface area (Å²) >= 11 is 0. The SMILES string of the molecule is C1CNCCNCCNCCNCCNCCN1.CCN.CCNC. The van der Waals surface area contributed by atoms with Gasteiger partial charge in [-0.2, -0.15) is 0 Å². The van der Waals surface area contributed by atoms with Crippen LogP contribution in [0.1, 0.15) is 13.8 Å². The van der Waals surface area contributed by atoms with Gasteiger partial charge in [0.1, 0.15) is 0 Å². The Morgan fingerprint density at radius 3 is 0.760 bits per heavy atom. The predicted molar refractivity (Wildman–Crippen MR) is 112 cm³/mol. The number of rotatable bonds is 1. The van der Waals surface area contributed by atoms with Crippen LogP contribution in [0.5, 0.6) is 0 Å². The molecule has 0 radical (unpaired) electrons. The van der Waals surface area contributed by atoms with Gasteiger partial charge in [0, 0.05) is 78.5 Å². The van der Waals surface area contributed by atoms with Crippen LogP contribution in [0.2, 0.25) is 0 Å². The molecule has 0 bridgehead atoms. The van der Waals surface area contributed by atoms with Crippen LogP contribution >= 0.6 is 0 Å². The molecule has 0 saturated carbocycles. The largest absolute Gasteiger partial charge is 0.331 e. The molecule has 1 aliphatic heterocycles. The smallest absolute Gasteiger partial charge is 0.00772 e. The zero-order chi connectivity index (χ0) is 18.8. The minimum Gasteiger partial charge on any atom is -0.331 e. The summed E-state index contributed by atoms with van der Waals surface area (Å²) < 4.78 is 0. The number of nitrogens with one attached hydrogen (secondary N) is 7. The zero-order valence-electron chi connectivity index (χ0n) is 17.0. The van der Waals surface area contributed by atoms with E-state index in [2.05, 4.69) is 44.1 Å². The van der Waals surface area contributed by atoms with Gasteiger partial charge >= 0.3 is 0 Å². The lowest BCUT2D eigenvalue weighted by molar-refractivity contribution is 0.534. The molecule has 1 rings (SSSR count). The van der Waals surface area contributed by atoms with E-state index in [9.17, 15) is 0 Å². The van der Waals surface area contributed by atoms with Crippen molar-refractivity contribution in [2.24, 2.45) is 5.73 Å². The molecule has 0 amide bonds. The molecule has 0 atom stereocenters. The van der Waals surface area contributed by atoms with Crippen molar-refractivity contribution in [2.75, 3.05) is 98.7 Å². The lowest BCUT2D eigenvalue weighted by atomic mass is 10.4. The average Bonchev–Trinajstić information content (AvgIpc) is 2.63. The molecule has 1 aliphatic rings. The van der Waals surface area contributed by atoms with Gasteiger partial charge in [-0.15, -0.1) is 0 Å². The van der Waals surface area contributed by atoms with Crippen molar-refractivity contribution in [3.63, 3.8) is 0 Å². The Kier molecular flexibility index (Phi) is 30.7. The van der Waals surface area contributed by atoms with E-state index in [1.54, 1.807) is 0 Å². The molecule has 1 fully saturated rings. The van der Waals surface area contributed by atoms with Crippen LogP contribution in [0.25, 0.3) is 0 Å². The summed E-state index contributed by atoms with van der Waals surface area (Å²) in [6.45, 7) is 18.3. The molecule has 9 N–H and O–H groups in total. The topological polar surface area (TPSA) is 110 Å². The van der Waals surface area contributed by atoms with Gasteiger partial charge < -0.3 is 43.0 Å². The van der Waals surface area contributed by atoms with Gasteiger partial charge in [0.05, 0.1) is 0 Å². The first kappa shape index (κ1) is 26.9. The van der Waals surface area contributed by atoms with Gasteiger partial charge in [-0.3, -0.25) is 0 Å². The fraction of sp³-hybridized carbons (Fsp3) is 1.00. The monoisotopic (exact) mass is 362 g/mol. The molecule has 0 aromatic heterocycles. The normalized spacial score (nSPS) is 19.2. The maximum absolute atomic E-state index is 4.85. The van der Waals surface area contributed by atoms with Crippen LogP contribution in [0.4, 0.5) is 0 Å². The summed E-state index contributed by atoms with van der Waals surface area (Å²) in [6, 6.07) is 0. The van der Waals surface area contributed by atoms with Crippen molar-refractivity contribution in [1.29, 1.82) is 0 Å². The van der Waals surface area contributed by atoms with E-state index >= 15 is 0 Å². The molecule has 0 aromatic carbocycles. The summed E-state index contributed by atoms with van der Waals surface area (Å²) in [5.41, 5.74) is 4.85. The third-order valence-corrected chi connectivity index (χ3v) is 3.22. The summed E-state index contributed by atoms with van der Waals surface area (Å²) in [6.07, 6.45) is 0. The highest BCUT2D eigenvalue weighted by Crippen LogP contribution is 1.66. The fourth-order valence-corrected chi connectivity index (χ4v) is 1.81. The maximum atomic E-state index is 4.85. The molecule has 0 spiro atoms.